The number of benzene rings is 1. The average molecular weight is 259 g/mol. The lowest BCUT2D eigenvalue weighted by molar-refractivity contribution is -0.124. The number of Topliss-reactive ketones (excluding diaryl/α,β-unsaturated/α-hetero) is 1. The minimum absolute atomic E-state index is 0.0545. The van der Waals surface area contributed by atoms with Gasteiger partial charge in [-0.3, -0.25) is 9.69 Å². The molecule has 0 aromatic heterocycles. The summed E-state index contributed by atoms with van der Waals surface area (Å²) in [5.74, 6) is 0.416. The van der Waals surface area contributed by atoms with Crippen molar-refractivity contribution in [3.8, 4) is 0 Å². The highest BCUT2D eigenvalue weighted by Crippen LogP contribution is 2.41. The molecule has 0 atom stereocenters. The molecular weight excluding hydrogens is 238 g/mol. The molecular formula is C16H21NO2. The standard InChI is InChI=1S/C16H21NO2/c18-15-6-8-16(9-7-15,14-4-2-1-3-5-14)17-10-12-19-13-11-17/h1-5H,6-13H2. The van der Waals surface area contributed by atoms with Crippen molar-refractivity contribution in [3.63, 3.8) is 0 Å². The van der Waals surface area contributed by atoms with Crippen molar-refractivity contribution in [1.29, 1.82) is 0 Å². The van der Waals surface area contributed by atoms with Crippen LogP contribution in [0, 0.1) is 0 Å². The van der Waals surface area contributed by atoms with E-state index in [9.17, 15) is 4.79 Å². The van der Waals surface area contributed by atoms with Crippen LogP contribution in [0.15, 0.2) is 30.3 Å². The highest BCUT2D eigenvalue weighted by molar-refractivity contribution is 5.79. The van der Waals surface area contributed by atoms with Crippen molar-refractivity contribution >= 4 is 5.78 Å². The van der Waals surface area contributed by atoms with Crippen molar-refractivity contribution in [2.24, 2.45) is 0 Å². The third-order valence-electron chi connectivity index (χ3n) is 4.56. The number of morpholine rings is 1. The van der Waals surface area contributed by atoms with Crippen LogP contribution in [0.4, 0.5) is 0 Å². The number of hydrogen-bond acceptors (Lipinski definition) is 3. The van der Waals surface area contributed by atoms with Gasteiger partial charge < -0.3 is 4.74 Å². The molecule has 0 amide bonds. The number of ketones is 1. The van der Waals surface area contributed by atoms with Crippen LogP contribution in [0.25, 0.3) is 0 Å². The molecule has 1 saturated heterocycles. The van der Waals surface area contributed by atoms with Crippen LogP contribution in [0.2, 0.25) is 0 Å². The fraction of sp³-hybridized carbons (Fsp3) is 0.562. The Hall–Kier alpha value is -1.19. The van der Waals surface area contributed by atoms with E-state index in [4.69, 9.17) is 4.74 Å². The summed E-state index contributed by atoms with van der Waals surface area (Å²) in [6, 6.07) is 10.7. The van der Waals surface area contributed by atoms with E-state index in [1.807, 2.05) is 0 Å². The highest BCUT2D eigenvalue weighted by atomic mass is 16.5. The minimum Gasteiger partial charge on any atom is -0.379 e. The van der Waals surface area contributed by atoms with E-state index >= 15 is 0 Å². The van der Waals surface area contributed by atoms with Gasteiger partial charge in [-0.1, -0.05) is 30.3 Å². The highest BCUT2D eigenvalue weighted by Gasteiger charge is 2.41. The molecule has 1 aromatic rings. The second-order valence-electron chi connectivity index (χ2n) is 5.54. The van der Waals surface area contributed by atoms with Gasteiger partial charge in [-0.05, 0) is 18.4 Å². The molecule has 19 heavy (non-hydrogen) atoms. The van der Waals surface area contributed by atoms with E-state index in [-0.39, 0.29) is 5.54 Å². The van der Waals surface area contributed by atoms with Gasteiger partial charge in [0.15, 0.2) is 0 Å². The molecule has 1 aliphatic carbocycles. The topological polar surface area (TPSA) is 29.5 Å². The smallest absolute Gasteiger partial charge is 0.133 e. The van der Waals surface area contributed by atoms with Gasteiger partial charge in [-0.25, -0.2) is 0 Å². The summed E-state index contributed by atoms with van der Waals surface area (Å²) in [4.78, 5) is 14.2. The molecule has 1 aliphatic heterocycles. The first-order chi connectivity index (χ1) is 9.31. The third kappa shape index (κ3) is 2.45. The molecule has 1 saturated carbocycles. The van der Waals surface area contributed by atoms with Crippen LogP contribution < -0.4 is 0 Å². The zero-order valence-corrected chi connectivity index (χ0v) is 11.3. The maximum atomic E-state index is 11.6. The maximum absolute atomic E-state index is 11.6. The molecule has 0 unspecified atom stereocenters. The zero-order chi connectivity index (χ0) is 13.1. The Bertz CT molecular complexity index is 427. The Labute approximate surface area is 114 Å². The van der Waals surface area contributed by atoms with Gasteiger partial charge in [0.25, 0.3) is 0 Å². The van der Waals surface area contributed by atoms with Crippen LogP contribution in [0.5, 0.6) is 0 Å². The van der Waals surface area contributed by atoms with Gasteiger partial charge in [-0.2, -0.15) is 0 Å². The summed E-state index contributed by atoms with van der Waals surface area (Å²) in [5.41, 5.74) is 1.42. The largest absolute Gasteiger partial charge is 0.379 e. The van der Waals surface area contributed by atoms with Crippen LogP contribution in [0.3, 0.4) is 0 Å². The molecule has 3 nitrogen and oxygen atoms in total. The first-order valence-corrected chi connectivity index (χ1v) is 7.21. The molecule has 3 rings (SSSR count). The second-order valence-corrected chi connectivity index (χ2v) is 5.54. The van der Waals surface area contributed by atoms with Crippen molar-refractivity contribution < 1.29 is 9.53 Å². The SMILES string of the molecule is O=C1CCC(c2ccccc2)(N2CCOCC2)CC1. The summed E-state index contributed by atoms with van der Waals surface area (Å²) < 4.78 is 5.48. The molecule has 0 spiro atoms. The average Bonchev–Trinajstić information content (AvgIpc) is 2.50. The Kier molecular flexibility index (Phi) is 3.67. The molecule has 0 bridgehead atoms. The van der Waals surface area contributed by atoms with E-state index in [1.54, 1.807) is 0 Å². The summed E-state index contributed by atoms with van der Waals surface area (Å²) in [6.45, 7) is 3.57. The number of rotatable bonds is 2. The van der Waals surface area contributed by atoms with Crippen molar-refractivity contribution in [2.75, 3.05) is 26.3 Å². The summed E-state index contributed by atoms with van der Waals surface area (Å²) in [5, 5.41) is 0. The second kappa shape index (κ2) is 5.43. The Morgan fingerprint density at radius 1 is 1.00 bits per heavy atom. The molecule has 102 valence electrons. The lowest BCUT2D eigenvalue weighted by Gasteiger charge is -2.48. The molecule has 1 aromatic carbocycles. The minimum atomic E-state index is 0.0545. The van der Waals surface area contributed by atoms with Crippen LogP contribution >= 0.6 is 0 Å². The quantitative estimate of drug-likeness (QED) is 0.816. The van der Waals surface area contributed by atoms with Gasteiger partial charge in [0, 0.05) is 31.5 Å². The molecule has 2 fully saturated rings. The van der Waals surface area contributed by atoms with Crippen LogP contribution in [0.1, 0.15) is 31.2 Å². The van der Waals surface area contributed by atoms with Gasteiger partial charge in [0.1, 0.15) is 5.78 Å². The van der Waals surface area contributed by atoms with E-state index < -0.39 is 0 Å². The number of carbonyl (C=O) groups excluding carboxylic acids is 1. The van der Waals surface area contributed by atoms with Gasteiger partial charge in [-0.15, -0.1) is 0 Å². The van der Waals surface area contributed by atoms with E-state index in [0.29, 0.717) is 18.6 Å². The van der Waals surface area contributed by atoms with E-state index in [0.717, 1.165) is 39.1 Å². The lowest BCUT2D eigenvalue weighted by Crippen LogP contribution is -2.53. The number of hydrogen-bond donors (Lipinski definition) is 0. The van der Waals surface area contributed by atoms with Gasteiger partial charge in [0.05, 0.1) is 13.2 Å². The van der Waals surface area contributed by atoms with E-state index in [1.165, 1.54) is 5.56 Å². The first-order valence-electron chi connectivity index (χ1n) is 7.21. The normalized spacial score (nSPS) is 24.3. The first kappa shape index (κ1) is 12.8. The summed E-state index contributed by atoms with van der Waals surface area (Å²) >= 11 is 0. The van der Waals surface area contributed by atoms with Gasteiger partial charge >= 0.3 is 0 Å². The molecule has 3 heteroatoms. The van der Waals surface area contributed by atoms with Crippen LogP contribution in [-0.4, -0.2) is 37.0 Å². The Morgan fingerprint density at radius 3 is 2.26 bits per heavy atom. The van der Waals surface area contributed by atoms with E-state index in [2.05, 4.69) is 35.2 Å². The monoisotopic (exact) mass is 259 g/mol. The Balaban J connectivity index is 1.93. The number of nitrogens with zero attached hydrogens (tertiary/aromatic N) is 1. The Morgan fingerprint density at radius 2 is 1.63 bits per heavy atom. The predicted molar refractivity (Wildman–Crippen MR) is 74.0 cm³/mol. The van der Waals surface area contributed by atoms with Crippen molar-refractivity contribution in [3.05, 3.63) is 35.9 Å². The predicted octanol–water partition coefficient (Wildman–Crippen LogP) is 2.36. The van der Waals surface area contributed by atoms with Crippen molar-refractivity contribution in [2.45, 2.75) is 31.2 Å². The fourth-order valence-corrected chi connectivity index (χ4v) is 3.47. The third-order valence-corrected chi connectivity index (χ3v) is 4.56. The lowest BCUT2D eigenvalue weighted by atomic mass is 9.74. The molecule has 0 radical (unpaired) electrons. The molecule has 2 aliphatic rings. The maximum Gasteiger partial charge on any atom is 0.133 e. The zero-order valence-electron chi connectivity index (χ0n) is 11.3. The fourth-order valence-electron chi connectivity index (χ4n) is 3.47. The summed E-state index contributed by atoms with van der Waals surface area (Å²) in [7, 11) is 0. The van der Waals surface area contributed by atoms with Gasteiger partial charge in [0.2, 0.25) is 0 Å². The number of carbonyl (C=O) groups is 1. The van der Waals surface area contributed by atoms with Crippen molar-refractivity contribution in [1.82, 2.24) is 4.90 Å². The van der Waals surface area contributed by atoms with Crippen LogP contribution in [-0.2, 0) is 15.1 Å². The molecule has 0 N–H and O–H groups in total. The molecule has 1 heterocycles. The summed E-state index contributed by atoms with van der Waals surface area (Å²) in [6.07, 6.45) is 3.34. The number of ether oxygens (including phenoxy) is 1.